The van der Waals surface area contributed by atoms with E-state index in [4.69, 9.17) is 4.74 Å². The minimum atomic E-state index is -1.03. The van der Waals surface area contributed by atoms with Gasteiger partial charge in [0.1, 0.15) is 0 Å². The van der Waals surface area contributed by atoms with Crippen molar-refractivity contribution >= 4 is 27.8 Å². The number of fused-ring (bicyclic) bond motifs is 3. The quantitative estimate of drug-likeness (QED) is 0.316. The Morgan fingerprint density at radius 1 is 0.788 bits per heavy atom. The van der Waals surface area contributed by atoms with Crippen LogP contribution >= 0.6 is 0 Å². The van der Waals surface area contributed by atoms with Crippen molar-refractivity contribution in [2.45, 2.75) is 32.9 Å². The van der Waals surface area contributed by atoms with Crippen LogP contribution in [0.2, 0.25) is 0 Å². The largest absolute Gasteiger partial charge is 0.440 e. The lowest BCUT2D eigenvalue weighted by Crippen LogP contribution is -2.31. The van der Waals surface area contributed by atoms with Gasteiger partial charge in [-0.25, -0.2) is 4.79 Å². The van der Waals surface area contributed by atoms with Crippen LogP contribution in [0, 0.1) is 13.8 Å². The van der Waals surface area contributed by atoms with E-state index in [1.807, 2.05) is 18.2 Å². The Balaban J connectivity index is 1.87. The fourth-order valence-corrected chi connectivity index (χ4v) is 5.96. The number of hydrogen-bond acceptors (Lipinski definition) is 2. The Morgan fingerprint density at radius 2 is 1.36 bits per heavy atom. The zero-order valence-corrected chi connectivity index (χ0v) is 19.3. The molecule has 3 heterocycles. The monoisotopic (exact) mass is 434 g/mol. The van der Waals surface area contributed by atoms with E-state index in [1.54, 1.807) is 0 Å². The van der Waals surface area contributed by atoms with Crippen LogP contribution in [-0.2, 0) is 23.9 Å². The minimum absolute atomic E-state index is 0.273. The van der Waals surface area contributed by atoms with Gasteiger partial charge in [-0.05, 0) is 39.0 Å². The summed E-state index contributed by atoms with van der Waals surface area (Å²) in [6.45, 7) is 7.27. The fraction of sp³-hybridized carbons (Fsp3) is 0.207. The molecule has 0 spiro atoms. The molecule has 3 aromatic carbocycles. The van der Waals surface area contributed by atoms with Crippen LogP contribution < -0.4 is 0 Å². The van der Waals surface area contributed by atoms with Crippen LogP contribution in [0.25, 0.3) is 21.8 Å². The number of carbonyl (C=O) groups excluding carboxylic acids is 1. The SMILES string of the molecule is CCn1c(C)c(C2(c3c(C)n(C)c4ccccc34)OC(=O)c3ccccc32)c2ccccc21. The third kappa shape index (κ3) is 2.38. The van der Waals surface area contributed by atoms with Gasteiger partial charge in [0.15, 0.2) is 5.60 Å². The van der Waals surface area contributed by atoms with Crippen LogP contribution in [0.3, 0.4) is 0 Å². The molecule has 2 aromatic heterocycles. The predicted octanol–water partition coefficient (Wildman–Crippen LogP) is 6.23. The van der Waals surface area contributed by atoms with Crippen molar-refractivity contribution in [3.8, 4) is 0 Å². The van der Waals surface area contributed by atoms with Gasteiger partial charge < -0.3 is 13.9 Å². The molecule has 0 saturated heterocycles. The predicted molar refractivity (Wildman–Crippen MR) is 132 cm³/mol. The highest BCUT2D eigenvalue weighted by Crippen LogP contribution is 2.53. The van der Waals surface area contributed by atoms with E-state index in [0.717, 1.165) is 56.4 Å². The van der Waals surface area contributed by atoms with Gasteiger partial charge in [-0.3, -0.25) is 0 Å². The van der Waals surface area contributed by atoms with Gasteiger partial charge in [0.25, 0.3) is 0 Å². The van der Waals surface area contributed by atoms with Gasteiger partial charge in [0.05, 0.1) is 5.56 Å². The summed E-state index contributed by atoms with van der Waals surface area (Å²) in [5.74, 6) is -0.273. The molecule has 0 aliphatic carbocycles. The first kappa shape index (κ1) is 19.9. The third-order valence-electron chi connectivity index (χ3n) is 7.42. The van der Waals surface area contributed by atoms with E-state index in [0.29, 0.717) is 5.56 Å². The maximum Gasteiger partial charge on any atom is 0.340 e. The van der Waals surface area contributed by atoms with Gasteiger partial charge in [-0.2, -0.15) is 0 Å². The molecule has 164 valence electrons. The Labute approximate surface area is 193 Å². The molecule has 5 aromatic rings. The molecule has 4 heteroatoms. The molecule has 33 heavy (non-hydrogen) atoms. The highest BCUT2D eigenvalue weighted by Gasteiger charge is 2.53. The van der Waals surface area contributed by atoms with Crippen molar-refractivity contribution < 1.29 is 9.53 Å². The molecule has 1 aliphatic rings. The van der Waals surface area contributed by atoms with Gasteiger partial charge >= 0.3 is 5.97 Å². The van der Waals surface area contributed by atoms with Gasteiger partial charge in [-0.1, -0.05) is 54.6 Å². The number of ether oxygens (including phenoxy) is 1. The molecular formula is C29H26N2O2. The van der Waals surface area contributed by atoms with E-state index in [-0.39, 0.29) is 5.97 Å². The third-order valence-corrected chi connectivity index (χ3v) is 7.42. The first-order valence-corrected chi connectivity index (χ1v) is 11.5. The molecule has 0 N–H and O–H groups in total. The summed E-state index contributed by atoms with van der Waals surface area (Å²) in [5, 5.41) is 2.23. The molecule has 0 saturated carbocycles. The Hall–Kier alpha value is -3.79. The first-order chi connectivity index (χ1) is 16.0. The van der Waals surface area contributed by atoms with E-state index >= 15 is 0 Å². The van der Waals surface area contributed by atoms with Gasteiger partial charge in [0, 0.05) is 63.5 Å². The minimum Gasteiger partial charge on any atom is -0.440 e. The van der Waals surface area contributed by atoms with Crippen molar-refractivity contribution in [3.63, 3.8) is 0 Å². The Morgan fingerprint density at radius 3 is 2.09 bits per heavy atom. The highest BCUT2D eigenvalue weighted by molar-refractivity contribution is 6.01. The average molecular weight is 435 g/mol. The Bertz CT molecular complexity index is 1590. The molecule has 0 bridgehead atoms. The van der Waals surface area contributed by atoms with Crippen molar-refractivity contribution in [2.24, 2.45) is 7.05 Å². The maximum absolute atomic E-state index is 13.4. The number of nitrogens with zero attached hydrogens (tertiary/aromatic N) is 2. The van der Waals surface area contributed by atoms with Crippen molar-refractivity contribution in [1.29, 1.82) is 0 Å². The molecular weight excluding hydrogens is 408 g/mol. The summed E-state index contributed by atoms with van der Waals surface area (Å²) >= 11 is 0. The summed E-state index contributed by atoms with van der Waals surface area (Å²) in [7, 11) is 2.08. The molecule has 6 rings (SSSR count). The van der Waals surface area contributed by atoms with Crippen molar-refractivity contribution in [1.82, 2.24) is 9.13 Å². The number of hydrogen-bond donors (Lipinski definition) is 0. The number of aryl methyl sites for hydroxylation is 2. The second-order valence-corrected chi connectivity index (χ2v) is 8.87. The molecule has 4 nitrogen and oxygen atoms in total. The van der Waals surface area contributed by atoms with Crippen molar-refractivity contribution in [3.05, 3.63) is 106 Å². The smallest absolute Gasteiger partial charge is 0.340 e. The molecule has 1 atom stereocenters. The normalized spacial score (nSPS) is 17.6. The number of carbonyl (C=O) groups is 1. The zero-order valence-electron chi connectivity index (χ0n) is 19.3. The second kappa shape index (κ2) is 6.85. The number of cyclic esters (lactones) is 1. The lowest BCUT2D eigenvalue weighted by Gasteiger charge is -2.31. The molecule has 0 fully saturated rings. The fourth-order valence-electron chi connectivity index (χ4n) is 5.96. The van der Waals surface area contributed by atoms with E-state index in [9.17, 15) is 4.79 Å². The topological polar surface area (TPSA) is 36.2 Å². The lowest BCUT2D eigenvalue weighted by molar-refractivity contribution is 0.0256. The van der Waals surface area contributed by atoms with Gasteiger partial charge in [0.2, 0.25) is 0 Å². The lowest BCUT2D eigenvalue weighted by atomic mass is 9.77. The summed E-state index contributed by atoms with van der Waals surface area (Å²) in [6, 6.07) is 24.7. The summed E-state index contributed by atoms with van der Waals surface area (Å²) in [4.78, 5) is 13.4. The van der Waals surface area contributed by atoms with Crippen LogP contribution in [-0.4, -0.2) is 15.1 Å². The molecule has 1 unspecified atom stereocenters. The highest BCUT2D eigenvalue weighted by atomic mass is 16.6. The maximum atomic E-state index is 13.4. The molecule has 0 radical (unpaired) electrons. The summed E-state index contributed by atoms with van der Waals surface area (Å²) in [5.41, 5.74) is 7.12. The summed E-state index contributed by atoms with van der Waals surface area (Å²) in [6.07, 6.45) is 0. The van der Waals surface area contributed by atoms with Gasteiger partial charge in [-0.15, -0.1) is 0 Å². The van der Waals surface area contributed by atoms with Crippen LogP contribution in [0.15, 0.2) is 72.8 Å². The first-order valence-electron chi connectivity index (χ1n) is 11.5. The second-order valence-electron chi connectivity index (χ2n) is 8.87. The van der Waals surface area contributed by atoms with E-state index < -0.39 is 5.60 Å². The van der Waals surface area contributed by atoms with Crippen LogP contribution in [0.5, 0.6) is 0 Å². The summed E-state index contributed by atoms with van der Waals surface area (Å²) < 4.78 is 11.1. The Kier molecular flexibility index (Phi) is 4.12. The standard InChI is InChI=1S/C29H26N2O2/c1-5-31-19(3)27(22-14-8-11-17-25(22)31)29(23-15-9-6-12-20(23)28(32)33-29)26-18(2)30(4)24-16-10-7-13-21(24)26/h6-17H,5H2,1-4H3. The van der Waals surface area contributed by atoms with Crippen LogP contribution in [0.1, 0.15) is 45.4 Å². The van der Waals surface area contributed by atoms with E-state index in [1.165, 1.54) is 0 Å². The number of esters is 1. The number of para-hydroxylation sites is 2. The van der Waals surface area contributed by atoms with E-state index in [2.05, 4.69) is 91.6 Å². The molecule has 0 amide bonds. The number of aromatic nitrogens is 2. The number of rotatable bonds is 3. The molecule has 1 aliphatic heterocycles. The number of benzene rings is 3. The zero-order chi connectivity index (χ0) is 22.9. The average Bonchev–Trinajstić information content (AvgIpc) is 3.39. The van der Waals surface area contributed by atoms with Crippen LogP contribution in [0.4, 0.5) is 0 Å². The van der Waals surface area contributed by atoms with Crippen molar-refractivity contribution in [2.75, 3.05) is 0 Å².